The van der Waals surface area contributed by atoms with Gasteiger partial charge < -0.3 is 5.73 Å². The number of anilines is 1. The van der Waals surface area contributed by atoms with Crippen LogP contribution in [0.15, 0.2) is 53.0 Å². The molecule has 2 aromatic carbocycles. The van der Waals surface area contributed by atoms with E-state index >= 15 is 0 Å². The van der Waals surface area contributed by atoms with E-state index in [0.717, 1.165) is 4.68 Å². The van der Waals surface area contributed by atoms with Crippen molar-refractivity contribution in [1.29, 1.82) is 0 Å². The fourth-order valence-corrected chi connectivity index (χ4v) is 2.86. The van der Waals surface area contributed by atoms with Gasteiger partial charge in [0.25, 0.3) is 0 Å². The predicted molar refractivity (Wildman–Crippen MR) is 91.1 cm³/mol. The van der Waals surface area contributed by atoms with Gasteiger partial charge in [0.05, 0.1) is 11.3 Å². The van der Waals surface area contributed by atoms with E-state index in [-0.39, 0.29) is 11.4 Å². The Morgan fingerprint density at radius 1 is 1.08 bits per heavy atom. The molecule has 8 heteroatoms. The van der Waals surface area contributed by atoms with Gasteiger partial charge in [-0.3, -0.25) is 0 Å². The van der Waals surface area contributed by atoms with Gasteiger partial charge in [0.2, 0.25) is 0 Å². The highest BCUT2D eigenvalue weighted by molar-refractivity contribution is 9.10. The molecular formula is C16H10BrClF3N3. The Hall–Kier alpha value is -1.99. The first-order valence-corrected chi connectivity index (χ1v) is 7.92. The second-order valence-corrected chi connectivity index (χ2v) is 6.36. The van der Waals surface area contributed by atoms with E-state index in [1.807, 2.05) is 0 Å². The van der Waals surface area contributed by atoms with Crippen LogP contribution in [0.1, 0.15) is 5.69 Å². The molecule has 3 nitrogen and oxygen atoms in total. The van der Waals surface area contributed by atoms with E-state index in [1.54, 1.807) is 48.5 Å². The summed E-state index contributed by atoms with van der Waals surface area (Å²) in [6.07, 6.45) is -4.64. The second-order valence-electron chi connectivity index (χ2n) is 5.01. The van der Waals surface area contributed by atoms with Gasteiger partial charge in [0.15, 0.2) is 5.69 Å². The van der Waals surface area contributed by atoms with Gasteiger partial charge in [-0.1, -0.05) is 39.7 Å². The van der Waals surface area contributed by atoms with E-state index in [0.29, 0.717) is 20.7 Å². The van der Waals surface area contributed by atoms with Crippen LogP contribution in [0.25, 0.3) is 16.8 Å². The Kier molecular flexibility index (Phi) is 4.31. The average molecular weight is 417 g/mol. The van der Waals surface area contributed by atoms with Crippen LogP contribution < -0.4 is 5.73 Å². The summed E-state index contributed by atoms with van der Waals surface area (Å²) in [5.41, 5.74) is 5.54. The van der Waals surface area contributed by atoms with Crippen LogP contribution in [0.3, 0.4) is 0 Å². The molecule has 1 aromatic heterocycles. The second kappa shape index (κ2) is 6.14. The Bertz CT molecular complexity index is 889. The minimum absolute atomic E-state index is 0.0947. The van der Waals surface area contributed by atoms with Crippen molar-refractivity contribution in [3.8, 4) is 16.8 Å². The molecule has 0 aliphatic carbocycles. The molecule has 0 unspecified atom stereocenters. The van der Waals surface area contributed by atoms with Gasteiger partial charge in [-0.15, -0.1) is 0 Å². The third-order valence-corrected chi connectivity index (χ3v) is 4.12. The summed E-state index contributed by atoms with van der Waals surface area (Å²) in [7, 11) is 0. The van der Waals surface area contributed by atoms with Gasteiger partial charge in [0.1, 0.15) is 5.82 Å². The fraction of sp³-hybridized carbons (Fsp3) is 0.0625. The highest BCUT2D eigenvalue weighted by Crippen LogP contribution is 2.41. The Morgan fingerprint density at radius 3 is 2.33 bits per heavy atom. The number of alkyl halides is 3. The molecule has 0 aliphatic rings. The highest BCUT2D eigenvalue weighted by Gasteiger charge is 2.39. The van der Waals surface area contributed by atoms with Crippen molar-refractivity contribution >= 4 is 33.3 Å². The van der Waals surface area contributed by atoms with E-state index < -0.39 is 11.9 Å². The molecule has 0 atom stereocenters. The fourth-order valence-electron chi connectivity index (χ4n) is 2.34. The Balaban J connectivity index is 2.26. The summed E-state index contributed by atoms with van der Waals surface area (Å²) in [4.78, 5) is 0. The number of nitrogen functional groups attached to an aromatic ring is 1. The van der Waals surface area contributed by atoms with Crippen LogP contribution in [0.2, 0.25) is 5.02 Å². The molecule has 0 saturated heterocycles. The third-order valence-electron chi connectivity index (χ3n) is 3.37. The van der Waals surface area contributed by atoms with Crippen molar-refractivity contribution in [1.82, 2.24) is 9.78 Å². The molecule has 3 aromatic rings. The van der Waals surface area contributed by atoms with Crippen LogP contribution in [-0.2, 0) is 6.18 Å². The van der Waals surface area contributed by atoms with Crippen LogP contribution in [0.4, 0.5) is 19.0 Å². The molecule has 124 valence electrons. The highest BCUT2D eigenvalue weighted by atomic mass is 79.9. The van der Waals surface area contributed by atoms with Gasteiger partial charge in [-0.25, -0.2) is 4.68 Å². The number of hydrogen-bond acceptors (Lipinski definition) is 2. The number of halogens is 5. The number of aromatic nitrogens is 2. The first-order valence-electron chi connectivity index (χ1n) is 6.75. The molecule has 0 amide bonds. The maximum Gasteiger partial charge on any atom is 0.435 e. The average Bonchev–Trinajstić information content (AvgIpc) is 2.86. The quantitative estimate of drug-likeness (QED) is 0.595. The number of nitrogens with zero attached hydrogens (tertiary/aromatic N) is 2. The Morgan fingerprint density at radius 2 is 1.75 bits per heavy atom. The zero-order valence-electron chi connectivity index (χ0n) is 12.0. The van der Waals surface area contributed by atoms with Gasteiger partial charge in [-0.05, 0) is 42.0 Å². The molecule has 3 rings (SSSR count). The van der Waals surface area contributed by atoms with Crippen molar-refractivity contribution in [3.05, 3.63) is 63.7 Å². The van der Waals surface area contributed by atoms with Gasteiger partial charge >= 0.3 is 6.18 Å². The Labute approximate surface area is 149 Å². The smallest absolute Gasteiger partial charge is 0.383 e. The maximum atomic E-state index is 13.4. The normalized spacial score (nSPS) is 11.7. The first kappa shape index (κ1) is 16.9. The molecular weight excluding hydrogens is 407 g/mol. The summed E-state index contributed by atoms with van der Waals surface area (Å²) < 4.78 is 42.0. The summed E-state index contributed by atoms with van der Waals surface area (Å²) >= 11 is 9.07. The molecule has 0 spiro atoms. The molecule has 0 fully saturated rings. The lowest BCUT2D eigenvalue weighted by molar-refractivity contribution is -0.140. The number of rotatable bonds is 2. The molecule has 24 heavy (non-hydrogen) atoms. The third kappa shape index (κ3) is 3.14. The first-order chi connectivity index (χ1) is 11.3. The molecule has 2 N–H and O–H groups in total. The van der Waals surface area contributed by atoms with E-state index in [2.05, 4.69) is 21.0 Å². The van der Waals surface area contributed by atoms with Crippen molar-refractivity contribution in [2.45, 2.75) is 6.18 Å². The molecule has 0 radical (unpaired) electrons. The summed E-state index contributed by atoms with van der Waals surface area (Å²) in [5, 5.41) is 4.16. The molecule has 0 bridgehead atoms. The van der Waals surface area contributed by atoms with Crippen molar-refractivity contribution in [3.63, 3.8) is 0 Å². The zero-order valence-corrected chi connectivity index (χ0v) is 14.3. The summed E-state index contributed by atoms with van der Waals surface area (Å²) in [6.45, 7) is 0. The largest absolute Gasteiger partial charge is 0.435 e. The van der Waals surface area contributed by atoms with Crippen molar-refractivity contribution < 1.29 is 13.2 Å². The molecule has 0 saturated carbocycles. The monoisotopic (exact) mass is 415 g/mol. The van der Waals surface area contributed by atoms with Crippen LogP contribution in [-0.4, -0.2) is 9.78 Å². The van der Waals surface area contributed by atoms with Gasteiger partial charge in [-0.2, -0.15) is 18.3 Å². The van der Waals surface area contributed by atoms with Gasteiger partial charge in [0, 0.05) is 9.50 Å². The minimum Gasteiger partial charge on any atom is -0.383 e. The van der Waals surface area contributed by atoms with E-state index in [4.69, 9.17) is 17.3 Å². The van der Waals surface area contributed by atoms with E-state index in [1.165, 1.54) is 0 Å². The van der Waals surface area contributed by atoms with E-state index in [9.17, 15) is 13.2 Å². The maximum absolute atomic E-state index is 13.4. The predicted octanol–water partition coefficient (Wildman–Crippen LogP) is 5.56. The summed E-state index contributed by atoms with van der Waals surface area (Å²) in [6, 6.07) is 12.7. The SMILES string of the molecule is Nc1c(-c2cccc(Br)c2)c(C(F)(F)F)nn1-c1ccc(Cl)cc1. The lowest BCUT2D eigenvalue weighted by Gasteiger charge is -2.07. The molecule has 1 heterocycles. The topological polar surface area (TPSA) is 43.8 Å². The van der Waals surface area contributed by atoms with Crippen LogP contribution in [0, 0.1) is 0 Å². The summed E-state index contributed by atoms with van der Waals surface area (Å²) in [5.74, 6) is -0.0947. The van der Waals surface area contributed by atoms with Crippen molar-refractivity contribution in [2.24, 2.45) is 0 Å². The van der Waals surface area contributed by atoms with Crippen LogP contribution >= 0.6 is 27.5 Å². The lowest BCUT2D eigenvalue weighted by Crippen LogP contribution is -2.08. The number of nitrogens with two attached hydrogens (primary N) is 1. The lowest BCUT2D eigenvalue weighted by atomic mass is 10.1. The number of benzene rings is 2. The zero-order chi connectivity index (χ0) is 17.5. The minimum atomic E-state index is -4.64. The molecule has 0 aliphatic heterocycles. The number of hydrogen-bond donors (Lipinski definition) is 1. The standard InChI is InChI=1S/C16H10BrClF3N3/c17-10-3-1-2-9(8-10)13-14(16(19,20)21)23-24(15(13)22)12-6-4-11(18)5-7-12/h1-8H,22H2. The van der Waals surface area contributed by atoms with Crippen LogP contribution in [0.5, 0.6) is 0 Å². The van der Waals surface area contributed by atoms with Crippen molar-refractivity contribution in [2.75, 3.05) is 5.73 Å².